The molecule has 0 saturated heterocycles. The summed E-state index contributed by atoms with van der Waals surface area (Å²) in [6, 6.07) is -0.249. The van der Waals surface area contributed by atoms with Crippen molar-refractivity contribution in [1.82, 2.24) is 5.32 Å². The predicted octanol–water partition coefficient (Wildman–Crippen LogP) is 2.87. The average Bonchev–Trinajstić information content (AvgIpc) is 2.57. The molecule has 5 N–H and O–H groups in total. The Morgan fingerprint density at radius 2 is 1.54 bits per heavy atom. The quantitative estimate of drug-likeness (QED) is 0.305. The molecule has 0 aromatic rings. The van der Waals surface area contributed by atoms with E-state index in [2.05, 4.69) is 12.2 Å². The van der Waals surface area contributed by atoms with E-state index in [1.165, 1.54) is 44.9 Å². The van der Waals surface area contributed by atoms with Crippen LogP contribution in [-0.4, -0.2) is 41.4 Å². The predicted molar refractivity (Wildman–Crippen MR) is 99.8 cm³/mol. The van der Waals surface area contributed by atoms with Crippen LogP contribution in [0, 0.1) is 0 Å². The monoisotopic (exact) mass is 344 g/mol. The molecule has 0 radical (unpaired) electrons. The Labute approximate surface area is 148 Å². The summed E-state index contributed by atoms with van der Waals surface area (Å²) in [6.45, 7) is 2.70. The van der Waals surface area contributed by atoms with Crippen LogP contribution in [0.1, 0.15) is 90.4 Å². The molecule has 0 fully saturated rings. The minimum Gasteiger partial charge on any atom is -0.394 e. The van der Waals surface area contributed by atoms with E-state index in [1.54, 1.807) is 0 Å². The molecule has 5 heteroatoms. The first-order chi connectivity index (χ1) is 11.6. The number of rotatable bonds is 17. The van der Waals surface area contributed by atoms with Crippen LogP contribution in [-0.2, 0) is 4.79 Å². The maximum atomic E-state index is 11.8. The zero-order chi connectivity index (χ0) is 18.0. The van der Waals surface area contributed by atoms with Gasteiger partial charge in [-0.15, -0.1) is 0 Å². The first-order valence-corrected chi connectivity index (χ1v) is 9.92. The van der Waals surface area contributed by atoms with Gasteiger partial charge >= 0.3 is 0 Å². The summed E-state index contributed by atoms with van der Waals surface area (Å²) in [6.07, 6.45) is 12.9. The molecule has 24 heavy (non-hydrogen) atoms. The normalized spacial score (nSPS) is 13.7. The van der Waals surface area contributed by atoms with Gasteiger partial charge in [0.15, 0.2) is 0 Å². The lowest BCUT2D eigenvalue weighted by Crippen LogP contribution is -2.39. The van der Waals surface area contributed by atoms with Gasteiger partial charge in [-0.1, -0.05) is 64.7 Å². The molecule has 144 valence electrons. The number of unbranched alkanes of at least 4 members (excludes halogenated alkanes) is 8. The third-order valence-corrected chi connectivity index (χ3v) is 4.40. The van der Waals surface area contributed by atoms with Crippen molar-refractivity contribution in [1.29, 1.82) is 0 Å². The molecule has 0 saturated carbocycles. The molecule has 5 nitrogen and oxygen atoms in total. The van der Waals surface area contributed by atoms with E-state index in [9.17, 15) is 15.0 Å². The van der Waals surface area contributed by atoms with Gasteiger partial charge < -0.3 is 21.3 Å². The number of hydrogen-bond donors (Lipinski definition) is 4. The van der Waals surface area contributed by atoms with Crippen LogP contribution in [0.25, 0.3) is 0 Å². The highest BCUT2D eigenvalue weighted by Gasteiger charge is 2.14. The molecule has 0 aliphatic rings. The van der Waals surface area contributed by atoms with Crippen LogP contribution in [0.2, 0.25) is 0 Å². The SMILES string of the molecule is CCCCCCCCCCCC(O)CC(=O)NC(CO)CCCN. The van der Waals surface area contributed by atoms with E-state index in [4.69, 9.17) is 5.73 Å². The summed E-state index contributed by atoms with van der Waals surface area (Å²) in [5.41, 5.74) is 5.43. The van der Waals surface area contributed by atoms with Crippen molar-refractivity contribution >= 4 is 5.91 Å². The lowest BCUT2D eigenvalue weighted by molar-refractivity contribution is -0.124. The van der Waals surface area contributed by atoms with Crippen LogP contribution in [0.15, 0.2) is 0 Å². The van der Waals surface area contributed by atoms with Crippen molar-refractivity contribution in [3.8, 4) is 0 Å². The third-order valence-electron chi connectivity index (χ3n) is 4.40. The van der Waals surface area contributed by atoms with Crippen molar-refractivity contribution in [2.24, 2.45) is 5.73 Å². The minimum atomic E-state index is -0.580. The van der Waals surface area contributed by atoms with Gasteiger partial charge in [-0.25, -0.2) is 0 Å². The first kappa shape index (κ1) is 23.4. The molecular formula is C19H40N2O3. The van der Waals surface area contributed by atoms with E-state index >= 15 is 0 Å². The van der Waals surface area contributed by atoms with Crippen LogP contribution in [0.4, 0.5) is 0 Å². The van der Waals surface area contributed by atoms with Crippen molar-refractivity contribution in [2.45, 2.75) is 103 Å². The third kappa shape index (κ3) is 14.9. The number of aliphatic hydroxyl groups excluding tert-OH is 2. The first-order valence-electron chi connectivity index (χ1n) is 9.92. The van der Waals surface area contributed by atoms with Crippen LogP contribution in [0.5, 0.6) is 0 Å². The topological polar surface area (TPSA) is 95.6 Å². The van der Waals surface area contributed by atoms with Gasteiger partial charge in [-0.3, -0.25) is 4.79 Å². The van der Waals surface area contributed by atoms with Gasteiger partial charge in [-0.2, -0.15) is 0 Å². The van der Waals surface area contributed by atoms with E-state index in [0.717, 1.165) is 19.3 Å². The van der Waals surface area contributed by atoms with E-state index < -0.39 is 6.10 Å². The summed E-state index contributed by atoms with van der Waals surface area (Å²) in [7, 11) is 0. The Balaban J connectivity index is 3.56. The van der Waals surface area contributed by atoms with Crippen LogP contribution in [0.3, 0.4) is 0 Å². The molecule has 0 heterocycles. The highest BCUT2D eigenvalue weighted by atomic mass is 16.3. The fourth-order valence-corrected chi connectivity index (χ4v) is 2.87. The van der Waals surface area contributed by atoms with E-state index in [1.807, 2.05) is 0 Å². The lowest BCUT2D eigenvalue weighted by atomic mass is 10.0. The molecule has 2 unspecified atom stereocenters. The Morgan fingerprint density at radius 3 is 2.08 bits per heavy atom. The second-order valence-electron chi connectivity index (χ2n) is 6.85. The Kier molecular flexibility index (Phi) is 16.7. The highest BCUT2D eigenvalue weighted by Crippen LogP contribution is 2.12. The van der Waals surface area contributed by atoms with Gasteiger partial charge in [0.25, 0.3) is 0 Å². The van der Waals surface area contributed by atoms with Crippen molar-refractivity contribution in [2.75, 3.05) is 13.2 Å². The van der Waals surface area contributed by atoms with Crippen LogP contribution < -0.4 is 11.1 Å². The smallest absolute Gasteiger partial charge is 0.222 e. The molecular weight excluding hydrogens is 304 g/mol. The maximum absolute atomic E-state index is 11.8. The molecule has 0 bridgehead atoms. The lowest BCUT2D eigenvalue weighted by Gasteiger charge is -2.17. The van der Waals surface area contributed by atoms with E-state index in [-0.39, 0.29) is 25.0 Å². The Hall–Kier alpha value is -0.650. The fourth-order valence-electron chi connectivity index (χ4n) is 2.87. The number of nitrogens with one attached hydrogen (secondary N) is 1. The van der Waals surface area contributed by atoms with E-state index in [0.29, 0.717) is 19.4 Å². The molecule has 0 aromatic carbocycles. The van der Waals surface area contributed by atoms with Crippen LogP contribution >= 0.6 is 0 Å². The summed E-state index contributed by atoms with van der Waals surface area (Å²) >= 11 is 0. The second kappa shape index (κ2) is 17.2. The second-order valence-corrected chi connectivity index (χ2v) is 6.85. The van der Waals surface area contributed by atoms with Crippen molar-refractivity contribution in [3.63, 3.8) is 0 Å². The molecule has 2 atom stereocenters. The Morgan fingerprint density at radius 1 is 0.958 bits per heavy atom. The number of hydrogen-bond acceptors (Lipinski definition) is 4. The average molecular weight is 345 g/mol. The summed E-state index contributed by atoms with van der Waals surface area (Å²) < 4.78 is 0. The minimum absolute atomic E-state index is 0.0832. The number of carbonyl (C=O) groups excluding carboxylic acids is 1. The number of amides is 1. The molecule has 0 aliphatic heterocycles. The highest BCUT2D eigenvalue weighted by molar-refractivity contribution is 5.76. The Bertz CT molecular complexity index is 288. The van der Waals surface area contributed by atoms with Gasteiger partial charge in [0.05, 0.1) is 25.2 Å². The molecule has 0 rings (SSSR count). The molecule has 0 aliphatic carbocycles. The largest absolute Gasteiger partial charge is 0.394 e. The van der Waals surface area contributed by atoms with Crippen molar-refractivity contribution < 1.29 is 15.0 Å². The zero-order valence-electron chi connectivity index (χ0n) is 15.6. The standard InChI is InChI=1S/C19H40N2O3/c1-2-3-4-5-6-7-8-9-10-13-18(23)15-19(24)21-17(16-22)12-11-14-20/h17-18,22-23H,2-16,20H2,1H3,(H,21,24). The fraction of sp³-hybridized carbons (Fsp3) is 0.947. The van der Waals surface area contributed by atoms with Crippen molar-refractivity contribution in [3.05, 3.63) is 0 Å². The molecule has 0 aromatic heterocycles. The molecule has 0 spiro atoms. The van der Waals surface area contributed by atoms with Gasteiger partial charge in [0.2, 0.25) is 5.91 Å². The van der Waals surface area contributed by atoms with Gasteiger partial charge in [0.1, 0.15) is 0 Å². The van der Waals surface area contributed by atoms with Gasteiger partial charge in [-0.05, 0) is 25.8 Å². The number of carbonyl (C=O) groups is 1. The van der Waals surface area contributed by atoms with Gasteiger partial charge in [0, 0.05) is 0 Å². The summed E-state index contributed by atoms with van der Waals surface area (Å²) in [4.78, 5) is 11.8. The summed E-state index contributed by atoms with van der Waals surface area (Å²) in [5.74, 6) is -0.186. The maximum Gasteiger partial charge on any atom is 0.222 e. The number of nitrogens with two attached hydrogens (primary N) is 1. The zero-order valence-corrected chi connectivity index (χ0v) is 15.6. The number of aliphatic hydroxyl groups is 2. The summed E-state index contributed by atoms with van der Waals surface area (Å²) in [5, 5.41) is 21.9. The molecule has 1 amide bonds.